The van der Waals surface area contributed by atoms with E-state index >= 15 is 0 Å². The summed E-state index contributed by atoms with van der Waals surface area (Å²) in [6, 6.07) is 6.85. The predicted octanol–water partition coefficient (Wildman–Crippen LogP) is 3.54. The highest BCUT2D eigenvalue weighted by atomic mass is 15.1. The number of hydrogen-bond acceptors (Lipinski definition) is 1. The molecule has 0 aliphatic carbocycles. The third-order valence-electron chi connectivity index (χ3n) is 3.20. The average Bonchev–Trinajstić information content (AvgIpc) is 2.24. The summed E-state index contributed by atoms with van der Waals surface area (Å²) in [7, 11) is 2.11. The second-order valence-corrected chi connectivity index (χ2v) is 4.34. The summed E-state index contributed by atoms with van der Waals surface area (Å²) in [6.45, 7) is 6.31. The second-order valence-electron chi connectivity index (χ2n) is 4.34. The van der Waals surface area contributed by atoms with Crippen LogP contribution in [-0.2, 0) is 12.8 Å². The van der Waals surface area contributed by atoms with Crippen molar-refractivity contribution < 1.29 is 0 Å². The first-order valence-electron chi connectivity index (χ1n) is 5.75. The van der Waals surface area contributed by atoms with Crippen LogP contribution in [0.1, 0.15) is 30.9 Å². The maximum Gasteiger partial charge on any atom is 0.0438 e. The van der Waals surface area contributed by atoms with Gasteiger partial charge in [-0.3, -0.25) is 0 Å². The van der Waals surface area contributed by atoms with E-state index < -0.39 is 0 Å². The zero-order chi connectivity index (χ0) is 10.8. The molecule has 0 amide bonds. The highest BCUT2D eigenvalue weighted by Gasteiger charge is 2.16. The minimum atomic E-state index is 1.10. The quantitative estimate of drug-likeness (QED) is 0.707. The SMILES string of the molecule is C=C1CCc2cc(CCC)ccc2N1C. The van der Waals surface area contributed by atoms with Gasteiger partial charge in [0.2, 0.25) is 0 Å². The number of anilines is 1. The molecule has 80 valence electrons. The molecule has 1 nitrogen and oxygen atoms in total. The van der Waals surface area contributed by atoms with Crippen molar-refractivity contribution in [1.29, 1.82) is 0 Å². The Morgan fingerprint density at radius 2 is 2.13 bits per heavy atom. The summed E-state index contributed by atoms with van der Waals surface area (Å²) < 4.78 is 0. The van der Waals surface area contributed by atoms with Crippen molar-refractivity contribution in [3.05, 3.63) is 41.6 Å². The van der Waals surface area contributed by atoms with Gasteiger partial charge in [-0.1, -0.05) is 32.1 Å². The lowest BCUT2D eigenvalue weighted by Crippen LogP contribution is -2.22. The number of benzene rings is 1. The fraction of sp³-hybridized carbons (Fsp3) is 0.429. The molecular weight excluding hydrogens is 182 g/mol. The molecule has 0 spiro atoms. The van der Waals surface area contributed by atoms with E-state index in [1.807, 2.05) is 0 Å². The van der Waals surface area contributed by atoms with Crippen molar-refractivity contribution in [3.63, 3.8) is 0 Å². The molecule has 1 aliphatic rings. The molecular formula is C14H19N. The standard InChI is InChI=1S/C14H19N/c1-4-5-12-7-9-14-13(10-12)8-6-11(2)15(14)3/h7,9-10H,2,4-6,8H2,1,3H3. The Morgan fingerprint density at radius 1 is 1.33 bits per heavy atom. The maximum absolute atomic E-state index is 4.08. The molecule has 2 rings (SSSR count). The minimum absolute atomic E-state index is 1.10. The Kier molecular flexibility index (Phi) is 2.81. The van der Waals surface area contributed by atoms with E-state index in [-0.39, 0.29) is 0 Å². The Bertz CT molecular complexity index is 379. The van der Waals surface area contributed by atoms with Gasteiger partial charge in [-0.05, 0) is 36.5 Å². The lowest BCUT2D eigenvalue weighted by atomic mass is 9.97. The third kappa shape index (κ3) is 1.92. The molecule has 0 saturated heterocycles. The van der Waals surface area contributed by atoms with Crippen molar-refractivity contribution in [2.45, 2.75) is 32.6 Å². The van der Waals surface area contributed by atoms with Crippen molar-refractivity contribution >= 4 is 5.69 Å². The van der Waals surface area contributed by atoms with Gasteiger partial charge in [-0.15, -0.1) is 0 Å². The molecule has 0 saturated carbocycles. The van der Waals surface area contributed by atoms with Crippen LogP contribution in [0, 0.1) is 0 Å². The van der Waals surface area contributed by atoms with Gasteiger partial charge < -0.3 is 4.90 Å². The number of hydrogen-bond donors (Lipinski definition) is 0. The molecule has 1 aromatic rings. The number of allylic oxidation sites excluding steroid dienone is 1. The first kappa shape index (κ1) is 10.3. The van der Waals surface area contributed by atoms with E-state index in [9.17, 15) is 0 Å². The summed E-state index contributed by atoms with van der Waals surface area (Å²) in [5, 5.41) is 0. The molecule has 1 heteroatoms. The molecule has 0 N–H and O–H groups in total. The molecule has 15 heavy (non-hydrogen) atoms. The number of rotatable bonds is 2. The number of fused-ring (bicyclic) bond motifs is 1. The second kappa shape index (κ2) is 4.09. The normalized spacial score (nSPS) is 15.3. The smallest absolute Gasteiger partial charge is 0.0438 e. The van der Waals surface area contributed by atoms with Crippen LogP contribution in [0.5, 0.6) is 0 Å². The molecule has 0 atom stereocenters. The van der Waals surface area contributed by atoms with Gasteiger partial charge in [0.25, 0.3) is 0 Å². The lowest BCUT2D eigenvalue weighted by Gasteiger charge is -2.29. The van der Waals surface area contributed by atoms with E-state index in [2.05, 4.69) is 43.6 Å². The minimum Gasteiger partial charge on any atom is -0.349 e. The summed E-state index contributed by atoms with van der Waals surface area (Å²) in [6.07, 6.45) is 4.66. The van der Waals surface area contributed by atoms with Gasteiger partial charge in [0.1, 0.15) is 0 Å². The molecule has 0 aromatic heterocycles. The number of aryl methyl sites for hydroxylation is 2. The maximum atomic E-state index is 4.08. The van der Waals surface area contributed by atoms with Gasteiger partial charge in [0.15, 0.2) is 0 Å². The van der Waals surface area contributed by atoms with Crippen LogP contribution in [0.4, 0.5) is 5.69 Å². The Morgan fingerprint density at radius 3 is 2.87 bits per heavy atom. The highest BCUT2D eigenvalue weighted by Crippen LogP contribution is 2.31. The van der Waals surface area contributed by atoms with Gasteiger partial charge in [-0.2, -0.15) is 0 Å². The molecule has 0 bridgehead atoms. The molecule has 0 radical (unpaired) electrons. The molecule has 1 aliphatic heterocycles. The molecule has 1 heterocycles. The zero-order valence-electron chi connectivity index (χ0n) is 9.71. The van der Waals surface area contributed by atoms with Crippen molar-refractivity contribution in [2.24, 2.45) is 0 Å². The Labute approximate surface area is 92.4 Å². The van der Waals surface area contributed by atoms with Crippen LogP contribution in [0.3, 0.4) is 0 Å². The van der Waals surface area contributed by atoms with E-state index in [0.29, 0.717) is 0 Å². The van der Waals surface area contributed by atoms with Gasteiger partial charge >= 0.3 is 0 Å². The van der Waals surface area contributed by atoms with Crippen molar-refractivity contribution in [3.8, 4) is 0 Å². The van der Waals surface area contributed by atoms with E-state index in [4.69, 9.17) is 0 Å². The lowest BCUT2D eigenvalue weighted by molar-refractivity contribution is 0.836. The van der Waals surface area contributed by atoms with Gasteiger partial charge in [0, 0.05) is 18.4 Å². The van der Waals surface area contributed by atoms with Crippen LogP contribution >= 0.6 is 0 Å². The first-order valence-corrected chi connectivity index (χ1v) is 5.75. The van der Waals surface area contributed by atoms with Crippen LogP contribution in [0.25, 0.3) is 0 Å². The fourth-order valence-corrected chi connectivity index (χ4v) is 2.23. The van der Waals surface area contributed by atoms with E-state index in [1.54, 1.807) is 0 Å². The van der Waals surface area contributed by atoms with Crippen LogP contribution in [0.2, 0.25) is 0 Å². The van der Waals surface area contributed by atoms with Gasteiger partial charge in [0.05, 0.1) is 0 Å². The van der Waals surface area contributed by atoms with Crippen molar-refractivity contribution in [2.75, 3.05) is 11.9 Å². The monoisotopic (exact) mass is 201 g/mol. The van der Waals surface area contributed by atoms with Crippen molar-refractivity contribution in [1.82, 2.24) is 0 Å². The van der Waals surface area contributed by atoms with E-state index in [0.717, 1.165) is 12.8 Å². The molecule has 0 fully saturated rings. The largest absolute Gasteiger partial charge is 0.349 e. The van der Waals surface area contributed by atoms with Crippen LogP contribution in [-0.4, -0.2) is 7.05 Å². The molecule has 0 unspecified atom stereocenters. The Hall–Kier alpha value is -1.24. The summed E-state index contributed by atoms with van der Waals surface area (Å²) in [5.74, 6) is 0. The van der Waals surface area contributed by atoms with Crippen LogP contribution in [0.15, 0.2) is 30.5 Å². The average molecular weight is 201 g/mol. The fourth-order valence-electron chi connectivity index (χ4n) is 2.23. The topological polar surface area (TPSA) is 3.24 Å². The first-order chi connectivity index (χ1) is 7.22. The third-order valence-corrected chi connectivity index (χ3v) is 3.20. The zero-order valence-corrected chi connectivity index (χ0v) is 9.71. The van der Waals surface area contributed by atoms with E-state index in [1.165, 1.54) is 35.4 Å². The highest BCUT2D eigenvalue weighted by molar-refractivity contribution is 5.60. The Balaban J connectivity index is 2.34. The molecule has 1 aromatic carbocycles. The predicted molar refractivity (Wildman–Crippen MR) is 66.3 cm³/mol. The summed E-state index contributed by atoms with van der Waals surface area (Å²) >= 11 is 0. The summed E-state index contributed by atoms with van der Waals surface area (Å²) in [4.78, 5) is 2.22. The van der Waals surface area contributed by atoms with Gasteiger partial charge in [-0.25, -0.2) is 0 Å². The number of nitrogens with zero attached hydrogens (tertiary/aromatic N) is 1. The van der Waals surface area contributed by atoms with Crippen LogP contribution < -0.4 is 4.90 Å². The summed E-state index contributed by atoms with van der Waals surface area (Å²) in [5.41, 5.74) is 5.52.